The highest BCUT2D eigenvalue weighted by Crippen LogP contribution is 2.43. The first-order valence-electron chi connectivity index (χ1n) is 9.19. The molecule has 1 saturated carbocycles. The molecular formula is C19H21ClF3N3O. The largest absolute Gasteiger partial charge is 0.391 e. The van der Waals surface area contributed by atoms with Gasteiger partial charge in [-0.05, 0) is 49.4 Å². The molecular weight excluding hydrogens is 379 g/mol. The van der Waals surface area contributed by atoms with E-state index in [1.165, 1.54) is 0 Å². The average Bonchev–Trinajstić information content (AvgIpc) is 2.97. The van der Waals surface area contributed by atoms with Gasteiger partial charge >= 0.3 is 6.18 Å². The second kappa shape index (κ2) is 7.09. The molecule has 1 aromatic carbocycles. The number of methoxy groups -OCH3 is 1. The van der Waals surface area contributed by atoms with Gasteiger partial charge in [-0.2, -0.15) is 13.2 Å². The zero-order valence-electron chi connectivity index (χ0n) is 15.0. The molecule has 0 bridgehead atoms. The van der Waals surface area contributed by atoms with Crippen LogP contribution in [0.4, 0.5) is 13.2 Å². The minimum absolute atomic E-state index is 0.0209. The number of nitrogens with zero attached hydrogens (tertiary/aromatic N) is 3. The van der Waals surface area contributed by atoms with E-state index in [0.29, 0.717) is 30.7 Å². The maximum absolute atomic E-state index is 13.0. The molecule has 0 unspecified atom stereocenters. The van der Waals surface area contributed by atoms with Gasteiger partial charge in [0.15, 0.2) is 0 Å². The monoisotopic (exact) mass is 399 g/mol. The van der Waals surface area contributed by atoms with E-state index in [4.69, 9.17) is 16.3 Å². The molecule has 4 rings (SSSR count). The Morgan fingerprint density at radius 3 is 2.52 bits per heavy atom. The lowest BCUT2D eigenvalue weighted by Crippen LogP contribution is -2.28. The Morgan fingerprint density at radius 2 is 1.85 bits per heavy atom. The molecule has 1 atom stereocenters. The minimum Gasteiger partial charge on any atom is -0.381 e. The molecule has 8 heteroatoms. The van der Waals surface area contributed by atoms with Crippen molar-refractivity contribution in [1.82, 2.24) is 14.8 Å². The lowest BCUT2D eigenvalue weighted by atomic mass is 9.81. The molecule has 0 saturated heterocycles. The van der Waals surface area contributed by atoms with E-state index in [1.54, 1.807) is 7.11 Å². The summed E-state index contributed by atoms with van der Waals surface area (Å²) in [5, 5.41) is 9.39. The maximum Gasteiger partial charge on any atom is 0.391 e. The molecule has 1 aromatic heterocycles. The normalized spacial score (nSPS) is 25.6. The van der Waals surface area contributed by atoms with Crippen molar-refractivity contribution in [3.63, 3.8) is 0 Å². The van der Waals surface area contributed by atoms with Gasteiger partial charge in [0.05, 0.1) is 17.7 Å². The predicted molar refractivity (Wildman–Crippen MR) is 95.3 cm³/mol. The number of ether oxygens (including phenoxy) is 1. The van der Waals surface area contributed by atoms with Gasteiger partial charge in [0.1, 0.15) is 11.6 Å². The van der Waals surface area contributed by atoms with E-state index < -0.39 is 12.1 Å². The molecule has 0 amide bonds. The quantitative estimate of drug-likeness (QED) is 0.723. The molecule has 1 aliphatic carbocycles. The summed E-state index contributed by atoms with van der Waals surface area (Å²) in [7, 11) is 1.67. The number of hydrogen-bond acceptors (Lipinski definition) is 3. The number of rotatable bonds is 2. The van der Waals surface area contributed by atoms with Gasteiger partial charge in [0.2, 0.25) is 0 Å². The number of hydrogen-bond donors (Lipinski definition) is 0. The lowest BCUT2D eigenvalue weighted by Gasteiger charge is -2.29. The van der Waals surface area contributed by atoms with E-state index >= 15 is 0 Å². The molecule has 0 N–H and O–H groups in total. The lowest BCUT2D eigenvalue weighted by molar-refractivity contribution is -0.182. The van der Waals surface area contributed by atoms with Gasteiger partial charge in [-0.25, -0.2) is 0 Å². The fourth-order valence-corrected chi connectivity index (χ4v) is 4.49. The molecule has 1 aliphatic heterocycles. The molecule has 27 heavy (non-hydrogen) atoms. The Bertz CT molecular complexity index is 828. The second-order valence-corrected chi connectivity index (χ2v) is 7.88. The van der Waals surface area contributed by atoms with Crippen molar-refractivity contribution >= 4 is 11.6 Å². The van der Waals surface area contributed by atoms with Crippen molar-refractivity contribution < 1.29 is 17.9 Å². The number of halogens is 4. The van der Waals surface area contributed by atoms with Gasteiger partial charge in [0.25, 0.3) is 0 Å². The van der Waals surface area contributed by atoms with Gasteiger partial charge in [0, 0.05) is 30.9 Å². The first kappa shape index (κ1) is 18.7. The van der Waals surface area contributed by atoms with E-state index in [1.807, 2.05) is 22.8 Å². The van der Waals surface area contributed by atoms with Crippen molar-refractivity contribution in [2.45, 2.75) is 56.7 Å². The minimum atomic E-state index is -4.11. The summed E-state index contributed by atoms with van der Waals surface area (Å²) in [5.74, 6) is 0.318. The Hall–Kier alpha value is -1.60. The van der Waals surface area contributed by atoms with Gasteiger partial charge in [-0.15, -0.1) is 10.2 Å². The van der Waals surface area contributed by atoms with Crippen LogP contribution in [0.5, 0.6) is 0 Å². The maximum atomic E-state index is 13.0. The SMILES string of the molecule is CO[C@@H]1Cc2cc(Cl)ccc2-n2c(nnc2C2CCC(C(F)(F)F)CC2)C1. The smallest absolute Gasteiger partial charge is 0.381 e. The van der Waals surface area contributed by atoms with Gasteiger partial charge in [-0.1, -0.05) is 11.6 Å². The summed E-state index contributed by atoms with van der Waals surface area (Å²) >= 11 is 6.18. The van der Waals surface area contributed by atoms with Crippen LogP contribution in [-0.4, -0.2) is 34.2 Å². The third-order valence-electron chi connectivity index (χ3n) is 5.78. The van der Waals surface area contributed by atoms with Crippen molar-refractivity contribution in [1.29, 1.82) is 0 Å². The van der Waals surface area contributed by atoms with E-state index in [-0.39, 0.29) is 24.9 Å². The molecule has 2 heterocycles. The Morgan fingerprint density at radius 1 is 1.11 bits per heavy atom. The van der Waals surface area contributed by atoms with Crippen molar-refractivity contribution in [2.75, 3.05) is 7.11 Å². The first-order chi connectivity index (χ1) is 12.9. The number of aromatic nitrogens is 3. The van der Waals surface area contributed by atoms with Crippen LogP contribution in [0, 0.1) is 5.92 Å². The first-order valence-corrected chi connectivity index (χ1v) is 9.57. The highest BCUT2D eigenvalue weighted by atomic mass is 35.5. The zero-order valence-corrected chi connectivity index (χ0v) is 15.7. The summed E-state index contributed by atoms with van der Waals surface area (Å²) in [6.07, 6.45) is -1.61. The second-order valence-electron chi connectivity index (χ2n) is 7.44. The predicted octanol–water partition coefficient (Wildman–Crippen LogP) is 4.87. The van der Waals surface area contributed by atoms with Crippen molar-refractivity contribution in [3.8, 4) is 5.69 Å². The highest BCUT2D eigenvalue weighted by molar-refractivity contribution is 6.30. The Labute approximate surface area is 160 Å². The summed E-state index contributed by atoms with van der Waals surface area (Å²) in [6, 6.07) is 5.68. The van der Waals surface area contributed by atoms with Crippen molar-refractivity contribution in [2.24, 2.45) is 5.92 Å². The average molecular weight is 400 g/mol. The summed E-state index contributed by atoms with van der Waals surface area (Å²) in [6.45, 7) is 0. The van der Waals surface area contributed by atoms with Crippen LogP contribution in [0.2, 0.25) is 5.02 Å². The van der Waals surface area contributed by atoms with Gasteiger partial charge in [-0.3, -0.25) is 4.57 Å². The van der Waals surface area contributed by atoms with Crippen LogP contribution in [-0.2, 0) is 17.6 Å². The molecule has 146 valence electrons. The molecule has 4 nitrogen and oxygen atoms in total. The summed E-state index contributed by atoms with van der Waals surface area (Å²) < 4.78 is 46.6. The molecule has 0 spiro atoms. The standard InChI is InChI=1S/C19H21ClF3N3O/c1-27-15-9-12-8-14(20)6-7-16(12)26-17(10-15)24-25-18(26)11-2-4-13(5-3-11)19(21,22)23/h6-8,11,13,15H,2-5,9-10H2,1H3/t11?,13?,15-/m1/s1. The number of benzene rings is 1. The molecule has 2 aliphatic rings. The zero-order chi connectivity index (χ0) is 19.2. The highest BCUT2D eigenvalue weighted by Gasteiger charge is 2.42. The van der Waals surface area contributed by atoms with Crippen LogP contribution in [0.25, 0.3) is 5.69 Å². The number of fused-ring (bicyclic) bond motifs is 3. The van der Waals surface area contributed by atoms with Gasteiger partial charge < -0.3 is 4.74 Å². The summed E-state index contributed by atoms with van der Waals surface area (Å²) in [4.78, 5) is 0. The van der Waals surface area contributed by atoms with Crippen LogP contribution in [0.1, 0.15) is 48.8 Å². The van der Waals surface area contributed by atoms with E-state index in [0.717, 1.165) is 22.9 Å². The Kier molecular flexibility index (Phi) is 4.93. The Balaban J connectivity index is 1.69. The summed E-state index contributed by atoms with van der Waals surface area (Å²) in [5.41, 5.74) is 1.99. The molecule has 1 fully saturated rings. The topological polar surface area (TPSA) is 39.9 Å². The third kappa shape index (κ3) is 3.59. The third-order valence-corrected chi connectivity index (χ3v) is 6.02. The van der Waals surface area contributed by atoms with Crippen LogP contribution in [0.15, 0.2) is 18.2 Å². The molecule has 0 radical (unpaired) electrons. The van der Waals surface area contributed by atoms with Crippen LogP contribution >= 0.6 is 11.6 Å². The number of alkyl halides is 3. The fraction of sp³-hybridized carbons (Fsp3) is 0.579. The fourth-order valence-electron chi connectivity index (χ4n) is 4.29. The van der Waals surface area contributed by atoms with Crippen LogP contribution < -0.4 is 0 Å². The van der Waals surface area contributed by atoms with Crippen LogP contribution in [0.3, 0.4) is 0 Å². The molecule has 2 aromatic rings. The van der Waals surface area contributed by atoms with E-state index in [9.17, 15) is 13.2 Å². The van der Waals surface area contributed by atoms with Crippen molar-refractivity contribution in [3.05, 3.63) is 40.4 Å². The van der Waals surface area contributed by atoms with E-state index in [2.05, 4.69) is 10.2 Å².